The number of allylic oxidation sites excluding steroid dienone is 4. The lowest BCUT2D eigenvalue weighted by Crippen LogP contribution is -2.31. The van der Waals surface area contributed by atoms with E-state index in [1.807, 2.05) is 0 Å². The molecule has 0 saturated carbocycles. The summed E-state index contributed by atoms with van der Waals surface area (Å²) < 4.78 is 50.0. The van der Waals surface area contributed by atoms with E-state index in [1.165, 1.54) is 63.7 Å². The quantitative estimate of drug-likeness (QED) is 0.0997. The molecule has 0 radical (unpaired) electrons. The molecule has 0 aromatic heterocycles. The van der Waals surface area contributed by atoms with Gasteiger partial charge in [-0.25, -0.2) is 0 Å². The predicted octanol–water partition coefficient (Wildman–Crippen LogP) is 12.7. The zero-order valence-electron chi connectivity index (χ0n) is 47.9. The van der Waals surface area contributed by atoms with E-state index in [0.29, 0.717) is 0 Å². The number of benzene rings is 10. The third-order valence-corrected chi connectivity index (χ3v) is 26.2. The predicted molar refractivity (Wildman–Crippen MR) is 362 cm³/mol. The van der Waals surface area contributed by atoms with Crippen molar-refractivity contribution in [2.45, 2.75) is 24.4 Å². The Morgan fingerprint density at radius 2 is 0.534 bits per heavy atom. The van der Waals surface area contributed by atoms with Gasteiger partial charge in [0.15, 0.2) is 23.0 Å². The number of hydrogen-bond acceptors (Lipinski definition) is 8. The summed E-state index contributed by atoms with van der Waals surface area (Å²) in [5.74, 6) is 3.10. The minimum Gasteiger partial charge on any atom is -0.454 e. The Morgan fingerprint density at radius 3 is 0.818 bits per heavy atom. The molecule has 6 aliphatic rings. The number of fused-ring (bicyclic) bond motifs is 4. The fourth-order valence-electron chi connectivity index (χ4n) is 12.5. The van der Waals surface area contributed by atoms with E-state index in [1.54, 1.807) is 0 Å². The van der Waals surface area contributed by atoms with Crippen LogP contribution in [0.1, 0.15) is 11.1 Å². The summed E-state index contributed by atoms with van der Waals surface area (Å²) in [7, 11) is -3.76. The summed E-state index contributed by atoms with van der Waals surface area (Å²) in [6.45, 7) is 0.880. The minimum atomic E-state index is -0.946. The molecule has 4 atom stereocenters. The third-order valence-electron chi connectivity index (χ3n) is 16.3. The fourth-order valence-corrected chi connectivity index (χ4v) is 22.4. The second-order valence-corrected chi connectivity index (χ2v) is 30.1. The van der Waals surface area contributed by atoms with Crippen LogP contribution in [0, 0.1) is 0 Å². The molecule has 2 fully saturated rings. The summed E-state index contributed by atoms with van der Waals surface area (Å²) in [5, 5.41) is 15.1. The molecule has 10 aromatic carbocycles. The molecule has 0 amide bonds. The smallest absolute Gasteiger partial charge is 0.231 e. The van der Waals surface area contributed by atoms with Gasteiger partial charge in [0.2, 0.25) is 13.6 Å². The lowest BCUT2D eigenvalue weighted by molar-refractivity contribution is 0.0512. The van der Waals surface area contributed by atoms with Gasteiger partial charge in [0.05, 0.1) is 0 Å². The standard InChI is InChI=1S/2C38H30O4P2/c2*1-5-13-27(14-6-1)43(28-15-7-2-8-16-28)33-23-21-31-37(41-25-39-31)35(33)36-34(24-22-32-38(36)42-26-40-32)44(29-17-9-3-10-18-29)30-19-11-4-12-20-30/h2*1-24,31,37H,25-26H2. The van der Waals surface area contributed by atoms with Crippen LogP contribution in [-0.4, -0.2) is 51.6 Å². The van der Waals surface area contributed by atoms with Crippen molar-refractivity contribution >= 4 is 95.9 Å². The van der Waals surface area contributed by atoms with Crippen molar-refractivity contribution in [3.8, 4) is 23.0 Å². The van der Waals surface area contributed by atoms with Crippen molar-refractivity contribution < 1.29 is 37.9 Å². The molecule has 0 spiro atoms. The Bertz CT molecular complexity index is 3770. The summed E-state index contributed by atoms with van der Waals surface area (Å²) in [6, 6.07) is 95.2. The maximum Gasteiger partial charge on any atom is 0.231 e. The highest BCUT2D eigenvalue weighted by Crippen LogP contribution is 2.57. The van der Waals surface area contributed by atoms with Gasteiger partial charge in [-0.15, -0.1) is 0 Å². The van der Waals surface area contributed by atoms with E-state index >= 15 is 0 Å². The first-order valence-corrected chi connectivity index (χ1v) is 34.9. The highest BCUT2D eigenvalue weighted by Gasteiger charge is 2.44. The molecule has 88 heavy (non-hydrogen) atoms. The lowest BCUT2D eigenvalue weighted by Gasteiger charge is -2.33. The summed E-state index contributed by atoms with van der Waals surface area (Å²) in [5.41, 5.74) is 4.40. The fraction of sp³-hybridized carbons (Fsp3) is 0.105. The van der Waals surface area contributed by atoms with E-state index in [4.69, 9.17) is 37.9 Å². The molecular weight excluding hydrogens is 1160 g/mol. The molecule has 2 saturated heterocycles. The Morgan fingerprint density at radius 1 is 0.261 bits per heavy atom. The molecule has 432 valence electrons. The topological polar surface area (TPSA) is 73.8 Å². The molecular formula is C76H60O8P4. The van der Waals surface area contributed by atoms with Crippen molar-refractivity contribution in [3.63, 3.8) is 0 Å². The highest BCUT2D eigenvalue weighted by atomic mass is 31.1. The van der Waals surface area contributed by atoms with E-state index in [0.717, 1.165) is 45.3 Å². The van der Waals surface area contributed by atoms with Gasteiger partial charge >= 0.3 is 0 Å². The molecule has 4 heterocycles. The van der Waals surface area contributed by atoms with E-state index in [2.05, 4.69) is 291 Å². The largest absolute Gasteiger partial charge is 0.454 e. The highest BCUT2D eigenvalue weighted by molar-refractivity contribution is 7.80. The van der Waals surface area contributed by atoms with Crippen LogP contribution in [0.4, 0.5) is 0 Å². The SMILES string of the molecule is C1=CC2OCOC2C(c2c(P(c3ccccc3)c3ccccc3)ccc3c2OCO3)=C1P(c1ccccc1)c1ccccc1.C1=CC2OCOC2C(c2c(P(c3ccccc3)c3ccccc3)ccc3c2OCO3)=C1P(c1ccccc1)c1ccccc1. The summed E-state index contributed by atoms with van der Waals surface area (Å²) in [4.78, 5) is 0. The Kier molecular flexibility index (Phi) is 16.6. The van der Waals surface area contributed by atoms with Crippen molar-refractivity contribution in [2.24, 2.45) is 0 Å². The third kappa shape index (κ3) is 11.1. The average Bonchev–Trinajstić information content (AvgIpc) is 1.44. The van der Waals surface area contributed by atoms with Gasteiger partial charge in [-0.2, -0.15) is 0 Å². The Hall–Kier alpha value is -8.08. The van der Waals surface area contributed by atoms with Crippen LogP contribution >= 0.6 is 31.7 Å². The van der Waals surface area contributed by atoms with E-state index in [-0.39, 0.29) is 51.6 Å². The van der Waals surface area contributed by atoms with Crippen LogP contribution in [0.15, 0.2) is 302 Å². The van der Waals surface area contributed by atoms with Gasteiger partial charge in [-0.05, 0) is 120 Å². The molecule has 16 rings (SSSR count). The molecule has 4 aliphatic heterocycles. The van der Waals surface area contributed by atoms with Crippen LogP contribution in [-0.2, 0) is 18.9 Å². The maximum absolute atomic E-state index is 6.47. The van der Waals surface area contributed by atoms with Crippen LogP contribution in [0.2, 0.25) is 0 Å². The first-order valence-electron chi connectivity index (χ1n) is 29.5. The Balaban J connectivity index is 0.000000148. The number of rotatable bonds is 14. The zero-order chi connectivity index (χ0) is 58.6. The van der Waals surface area contributed by atoms with Gasteiger partial charge in [-0.3, -0.25) is 0 Å². The van der Waals surface area contributed by atoms with Gasteiger partial charge in [-0.1, -0.05) is 267 Å². The molecule has 0 bridgehead atoms. The lowest BCUT2D eigenvalue weighted by atomic mass is 9.91. The monoisotopic (exact) mass is 1220 g/mol. The van der Waals surface area contributed by atoms with Crippen molar-refractivity contribution in [3.05, 3.63) is 313 Å². The van der Waals surface area contributed by atoms with Crippen LogP contribution in [0.5, 0.6) is 23.0 Å². The summed E-state index contributed by atoms with van der Waals surface area (Å²) in [6.07, 6.45) is 8.01. The maximum atomic E-state index is 6.47. The Labute approximate surface area is 518 Å². The second-order valence-electron chi connectivity index (χ2n) is 21.4. The first-order chi connectivity index (χ1) is 43.7. The molecule has 0 N–H and O–H groups in total. The van der Waals surface area contributed by atoms with E-state index < -0.39 is 31.7 Å². The first kappa shape index (κ1) is 56.4. The van der Waals surface area contributed by atoms with Crippen LogP contribution < -0.4 is 72.0 Å². The number of hydrogen-bond donors (Lipinski definition) is 0. The van der Waals surface area contributed by atoms with Gasteiger partial charge in [0.25, 0.3) is 0 Å². The van der Waals surface area contributed by atoms with Crippen LogP contribution in [0.25, 0.3) is 11.1 Å². The van der Waals surface area contributed by atoms with Crippen molar-refractivity contribution in [2.75, 3.05) is 27.2 Å². The zero-order valence-corrected chi connectivity index (χ0v) is 51.5. The molecule has 12 heteroatoms. The van der Waals surface area contributed by atoms with E-state index in [9.17, 15) is 0 Å². The van der Waals surface area contributed by atoms with Gasteiger partial charge in [0, 0.05) is 22.3 Å². The molecule has 2 aliphatic carbocycles. The van der Waals surface area contributed by atoms with Crippen molar-refractivity contribution in [1.82, 2.24) is 0 Å². The minimum absolute atomic E-state index is 0.178. The summed E-state index contributed by atoms with van der Waals surface area (Å²) >= 11 is 0. The molecule has 4 unspecified atom stereocenters. The molecule has 8 nitrogen and oxygen atoms in total. The van der Waals surface area contributed by atoms with Crippen molar-refractivity contribution in [1.29, 1.82) is 0 Å². The number of ether oxygens (including phenoxy) is 8. The van der Waals surface area contributed by atoms with Gasteiger partial charge in [0.1, 0.15) is 38.0 Å². The normalized spacial score (nSPS) is 18.7. The second kappa shape index (κ2) is 25.9. The molecule has 10 aromatic rings. The average molecular weight is 1230 g/mol. The van der Waals surface area contributed by atoms with Gasteiger partial charge < -0.3 is 37.9 Å². The van der Waals surface area contributed by atoms with Crippen LogP contribution in [0.3, 0.4) is 0 Å².